The minimum Gasteiger partial charge on any atom is -0.481 e. The van der Waals surface area contributed by atoms with E-state index < -0.39 is 28.8 Å². The van der Waals surface area contributed by atoms with Crippen LogP contribution < -0.4 is 5.32 Å². The molecule has 1 aromatic rings. The molecule has 5 aliphatic rings. The number of ketones is 1. The van der Waals surface area contributed by atoms with Crippen LogP contribution in [0.15, 0.2) is 15.7 Å². The quantitative estimate of drug-likeness (QED) is 0.284. The second kappa shape index (κ2) is 11.5. The maximum Gasteiger partial charge on any atom is 0.309 e. The van der Waals surface area contributed by atoms with Gasteiger partial charge in [0, 0.05) is 18.8 Å². The number of Topliss-reactive ketones (excluding diaryl/α,β-unsaturated/α-hetero) is 1. The number of carboxylic acids is 1. The summed E-state index contributed by atoms with van der Waals surface area (Å²) in [6, 6.07) is 0. The lowest BCUT2D eigenvalue weighted by molar-refractivity contribution is -0.232. The molecule has 49 heavy (non-hydrogen) atoms. The van der Waals surface area contributed by atoms with E-state index in [0.717, 1.165) is 56.1 Å². The number of aromatic nitrogens is 2. The van der Waals surface area contributed by atoms with Crippen LogP contribution in [0.5, 0.6) is 0 Å². The molecule has 0 spiro atoms. The third-order valence-corrected chi connectivity index (χ3v) is 14.9. The number of hydrogen-bond acceptors (Lipinski definition) is 8. The summed E-state index contributed by atoms with van der Waals surface area (Å²) in [4.78, 5) is 56.3. The normalized spacial score (nSPS) is 38.3. The molecule has 1 amide bonds. The van der Waals surface area contributed by atoms with Gasteiger partial charge in [0.05, 0.1) is 17.4 Å². The summed E-state index contributed by atoms with van der Waals surface area (Å²) < 4.78 is 11.2. The van der Waals surface area contributed by atoms with Gasteiger partial charge in [-0.15, -0.1) is 0 Å². The highest BCUT2D eigenvalue weighted by Crippen LogP contribution is 2.76. The number of aryl methyl sites for hydroxylation is 1. The molecule has 0 bridgehead atoms. The van der Waals surface area contributed by atoms with E-state index in [4.69, 9.17) is 9.26 Å². The molecule has 0 saturated heterocycles. The summed E-state index contributed by atoms with van der Waals surface area (Å²) in [6.45, 7) is 21.0. The number of nitrogens with zero attached hydrogens (tertiary/aromatic N) is 2. The van der Waals surface area contributed by atoms with E-state index >= 15 is 0 Å². The number of allylic oxidation sites excluding steroid dienone is 1. The fourth-order valence-corrected chi connectivity index (χ4v) is 12.2. The van der Waals surface area contributed by atoms with Crippen LogP contribution in [0.2, 0.25) is 0 Å². The monoisotopic (exact) mass is 679 g/mol. The van der Waals surface area contributed by atoms with Crippen molar-refractivity contribution in [3.05, 3.63) is 22.9 Å². The highest BCUT2D eigenvalue weighted by atomic mass is 16.5. The number of fused-ring (bicyclic) bond motifs is 7. The molecule has 4 fully saturated rings. The van der Waals surface area contributed by atoms with Crippen LogP contribution in [0.4, 0.5) is 0 Å². The zero-order chi connectivity index (χ0) is 36.1. The molecular formula is C39H57N3O7. The number of aliphatic carboxylic acids is 1. The average Bonchev–Trinajstić information content (AvgIpc) is 3.55. The van der Waals surface area contributed by atoms with Crippen LogP contribution in [0, 0.1) is 57.7 Å². The van der Waals surface area contributed by atoms with Crippen LogP contribution in [0.3, 0.4) is 0 Å². The van der Waals surface area contributed by atoms with Crippen molar-refractivity contribution in [2.75, 3.05) is 0 Å². The van der Waals surface area contributed by atoms with Crippen molar-refractivity contribution in [2.45, 2.75) is 145 Å². The van der Waals surface area contributed by atoms with Crippen molar-refractivity contribution in [1.82, 2.24) is 15.5 Å². The number of carbonyl (C=O) groups excluding carboxylic acids is 3. The van der Waals surface area contributed by atoms with Crippen molar-refractivity contribution in [3.63, 3.8) is 0 Å². The molecule has 270 valence electrons. The minimum absolute atomic E-state index is 0.00131. The van der Waals surface area contributed by atoms with Gasteiger partial charge >= 0.3 is 11.9 Å². The van der Waals surface area contributed by atoms with Gasteiger partial charge in [0.1, 0.15) is 6.10 Å². The number of rotatable bonds is 7. The molecule has 5 aliphatic carbocycles. The van der Waals surface area contributed by atoms with Gasteiger partial charge in [-0.2, -0.15) is 4.98 Å². The number of nitrogens with one attached hydrogen (secondary N) is 1. The summed E-state index contributed by atoms with van der Waals surface area (Å²) in [7, 11) is 0. The van der Waals surface area contributed by atoms with Gasteiger partial charge in [0.15, 0.2) is 5.78 Å². The van der Waals surface area contributed by atoms with Crippen molar-refractivity contribution in [3.8, 4) is 0 Å². The maximum absolute atomic E-state index is 13.9. The number of carboxylic acid groups (broad SMARTS) is 1. The first-order valence-electron chi connectivity index (χ1n) is 18.5. The fraction of sp³-hybridized carbons (Fsp3) is 0.795. The third-order valence-electron chi connectivity index (χ3n) is 14.9. The standard InChI is InChI=1S/C39H57N3O7/c1-21(2)29-24(43)19-39(41-32(45)31-40-22(3)49-42-31)18-17-37(9)23(30(29)39)11-12-26-36(8)15-14-27(48-28(44)20-34(4,5)33(46)47)35(6,7)25(36)13-16-38(26,37)10/h21,23,25-27H,11-20H2,1-10H3,(H,41,45)(H,46,47)/t23?,25?,26?,27-,36-,37+,38?,39+/m0/s1. The first kappa shape index (κ1) is 35.8. The van der Waals surface area contributed by atoms with E-state index in [-0.39, 0.29) is 64.0 Å². The topological polar surface area (TPSA) is 149 Å². The predicted molar refractivity (Wildman–Crippen MR) is 182 cm³/mol. The molecule has 1 aromatic heterocycles. The number of carbonyl (C=O) groups is 4. The van der Waals surface area contributed by atoms with Gasteiger partial charge in [-0.05, 0) is 116 Å². The number of amides is 1. The second-order valence-corrected chi connectivity index (χ2v) is 18.6. The molecular weight excluding hydrogens is 622 g/mol. The van der Waals surface area contributed by atoms with Crippen LogP contribution >= 0.6 is 0 Å². The van der Waals surface area contributed by atoms with Crippen molar-refractivity contribution in [1.29, 1.82) is 0 Å². The zero-order valence-electron chi connectivity index (χ0n) is 31.2. The predicted octanol–water partition coefficient (Wildman–Crippen LogP) is 7.25. The highest BCUT2D eigenvalue weighted by molar-refractivity contribution is 6.03. The van der Waals surface area contributed by atoms with Crippen LogP contribution in [-0.2, 0) is 19.1 Å². The Morgan fingerprint density at radius 1 is 0.980 bits per heavy atom. The van der Waals surface area contributed by atoms with Crippen LogP contribution in [-0.4, -0.2) is 50.5 Å². The van der Waals surface area contributed by atoms with Gasteiger partial charge in [-0.3, -0.25) is 19.2 Å². The van der Waals surface area contributed by atoms with Gasteiger partial charge in [0.2, 0.25) is 5.89 Å². The molecule has 4 unspecified atom stereocenters. The first-order chi connectivity index (χ1) is 22.6. The Balaban J connectivity index is 1.30. The van der Waals surface area contributed by atoms with Crippen molar-refractivity contribution in [2.24, 2.45) is 50.7 Å². The Morgan fingerprint density at radius 3 is 2.29 bits per heavy atom. The molecule has 10 heteroatoms. The molecule has 2 N–H and O–H groups in total. The maximum atomic E-state index is 13.9. The minimum atomic E-state index is -1.17. The summed E-state index contributed by atoms with van der Waals surface area (Å²) in [5.74, 6) is -0.347. The highest BCUT2D eigenvalue weighted by Gasteiger charge is 2.70. The Labute approximate surface area is 291 Å². The van der Waals surface area contributed by atoms with Gasteiger partial charge in [0.25, 0.3) is 11.7 Å². The summed E-state index contributed by atoms with van der Waals surface area (Å²) in [6.07, 6.45) is 7.23. The number of hydrogen-bond donors (Lipinski definition) is 2. The van der Waals surface area contributed by atoms with E-state index in [0.29, 0.717) is 24.1 Å². The molecule has 1 heterocycles. The van der Waals surface area contributed by atoms with E-state index in [9.17, 15) is 24.3 Å². The Morgan fingerprint density at radius 2 is 1.67 bits per heavy atom. The summed E-state index contributed by atoms with van der Waals surface area (Å²) in [5.41, 5.74) is -0.153. The van der Waals surface area contributed by atoms with Crippen molar-refractivity contribution >= 4 is 23.6 Å². The van der Waals surface area contributed by atoms with Crippen LogP contribution in [0.1, 0.15) is 143 Å². The third kappa shape index (κ3) is 5.23. The lowest BCUT2D eigenvalue weighted by atomic mass is 9.33. The molecule has 10 nitrogen and oxygen atoms in total. The van der Waals surface area contributed by atoms with Crippen LogP contribution in [0.25, 0.3) is 0 Å². The SMILES string of the molecule is Cc1nc(C(=O)N[C@@]23CC[C@]4(C)C(CCC5C4(C)CCC4C(C)(C)[C@@H](OC(=O)CC(C)(C)C(=O)O)CC[C@@]45C)C2=C(C(C)C)C(=O)C3)no1. The van der Waals surface area contributed by atoms with E-state index in [1.807, 2.05) is 0 Å². The lowest BCUT2D eigenvalue weighted by Crippen LogP contribution is -2.67. The lowest BCUT2D eigenvalue weighted by Gasteiger charge is -2.72. The summed E-state index contributed by atoms with van der Waals surface area (Å²) >= 11 is 0. The number of ether oxygens (including phenoxy) is 1. The molecule has 0 aromatic carbocycles. The Kier molecular flexibility index (Phi) is 8.39. The molecule has 4 saturated carbocycles. The fourth-order valence-electron chi connectivity index (χ4n) is 12.2. The first-order valence-corrected chi connectivity index (χ1v) is 18.5. The molecule has 8 atom stereocenters. The largest absolute Gasteiger partial charge is 0.481 e. The molecule has 0 aliphatic heterocycles. The average molecular weight is 680 g/mol. The summed E-state index contributed by atoms with van der Waals surface area (Å²) in [5, 5.41) is 16.8. The van der Waals surface area contributed by atoms with Crippen molar-refractivity contribution < 1.29 is 33.5 Å². The van der Waals surface area contributed by atoms with E-state index in [2.05, 4.69) is 63.9 Å². The van der Waals surface area contributed by atoms with E-state index in [1.54, 1.807) is 20.8 Å². The Bertz CT molecular complexity index is 1610. The number of esters is 1. The van der Waals surface area contributed by atoms with Gasteiger partial charge in [-0.1, -0.05) is 53.6 Å². The van der Waals surface area contributed by atoms with E-state index in [1.165, 1.54) is 0 Å². The smallest absolute Gasteiger partial charge is 0.309 e. The second-order valence-electron chi connectivity index (χ2n) is 18.6. The molecule has 6 rings (SSSR count). The van der Waals surface area contributed by atoms with Gasteiger partial charge < -0.3 is 19.7 Å². The Hall–Kier alpha value is -3.04. The van der Waals surface area contributed by atoms with Gasteiger partial charge in [-0.25, -0.2) is 0 Å². The molecule has 0 radical (unpaired) electrons. The zero-order valence-corrected chi connectivity index (χ0v) is 31.2.